The molecule has 1 N–H and O–H groups in total. The van der Waals surface area contributed by atoms with E-state index < -0.39 is 6.29 Å². The Labute approximate surface area is 107 Å². The van der Waals surface area contributed by atoms with E-state index in [9.17, 15) is 4.79 Å². The van der Waals surface area contributed by atoms with Crippen molar-refractivity contribution in [1.82, 2.24) is 10.3 Å². The number of carbonyl (C=O) groups excluding carboxylic acids is 1. The predicted octanol–water partition coefficient (Wildman–Crippen LogP) is 1.42. The number of aromatic nitrogens is 1. The lowest BCUT2D eigenvalue weighted by molar-refractivity contribution is -0.131. The van der Waals surface area contributed by atoms with Gasteiger partial charge in [-0.05, 0) is 20.8 Å². The average molecular weight is 256 g/mol. The molecule has 0 radical (unpaired) electrons. The summed E-state index contributed by atoms with van der Waals surface area (Å²) >= 11 is 0. The van der Waals surface area contributed by atoms with Crippen molar-refractivity contribution in [2.75, 3.05) is 19.8 Å². The number of nitrogens with one attached hydrogen (secondary N) is 1. The first kappa shape index (κ1) is 14.7. The van der Waals surface area contributed by atoms with Crippen molar-refractivity contribution in [3.63, 3.8) is 0 Å². The van der Waals surface area contributed by atoms with Gasteiger partial charge < -0.3 is 19.2 Å². The van der Waals surface area contributed by atoms with Crippen LogP contribution < -0.4 is 5.32 Å². The minimum atomic E-state index is -0.437. The number of carbonyl (C=O) groups is 1. The molecule has 6 heteroatoms. The molecule has 1 amide bonds. The van der Waals surface area contributed by atoms with Crippen molar-refractivity contribution in [1.29, 1.82) is 0 Å². The Hall–Kier alpha value is -1.40. The van der Waals surface area contributed by atoms with E-state index in [1.165, 1.54) is 0 Å². The van der Waals surface area contributed by atoms with Gasteiger partial charge in [0.15, 0.2) is 12.2 Å². The van der Waals surface area contributed by atoms with Crippen LogP contribution in [-0.4, -0.2) is 36.9 Å². The third-order valence-corrected chi connectivity index (χ3v) is 2.24. The highest BCUT2D eigenvalue weighted by atomic mass is 16.7. The minimum Gasteiger partial charge on any atom is -0.436 e. The van der Waals surface area contributed by atoms with Crippen LogP contribution in [0, 0.1) is 13.8 Å². The van der Waals surface area contributed by atoms with Crippen LogP contribution in [0.15, 0.2) is 4.42 Å². The SMILES string of the molecule is CCOC(CNC(=O)c1oc(C)nc1C)OCC. The molecule has 0 spiro atoms. The van der Waals surface area contributed by atoms with E-state index in [0.717, 1.165) is 0 Å². The zero-order valence-corrected chi connectivity index (χ0v) is 11.3. The van der Waals surface area contributed by atoms with Crippen molar-refractivity contribution >= 4 is 5.91 Å². The summed E-state index contributed by atoms with van der Waals surface area (Å²) in [6, 6.07) is 0. The molecule has 0 saturated carbocycles. The molecule has 0 saturated heterocycles. The lowest BCUT2D eigenvalue weighted by atomic mass is 10.3. The monoisotopic (exact) mass is 256 g/mol. The number of amides is 1. The first-order valence-corrected chi connectivity index (χ1v) is 6.03. The number of rotatable bonds is 7. The topological polar surface area (TPSA) is 73.6 Å². The molecule has 6 nitrogen and oxygen atoms in total. The Morgan fingerprint density at radius 3 is 2.39 bits per heavy atom. The van der Waals surface area contributed by atoms with E-state index in [-0.39, 0.29) is 18.2 Å². The lowest BCUT2D eigenvalue weighted by Gasteiger charge is -2.16. The number of aryl methyl sites for hydroxylation is 2. The molecule has 18 heavy (non-hydrogen) atoms. The second-order valence-electron chi connectivity index (χ2n) is 3.70. The zero-order chi connectivity index (χ0) is 13.5. The summed E-state index contributed by atoms with van der Waals surface area (Å²) in [6.45, 7) is 8.51. The highest BCUT2D eigenvalue weighted by Crippen LogP contribution is 2.08. The third kappa shape index (κ3) is 4.12. The molecule has 0 bridgehead atoms. The van der Waals surface area contributed by atoms with E-state index in [0.29, 0.717) is 24.8 Å². The number of hydrogen-bond donors (Lipinski definition) is 1. The van der Waals surface area contributed by atoms with Gasteiger partial charge in [0.05, 0.1) is 12.2 Å². The average Bonchev–Trinajstić information content (AvgIpc) is 2.65. The Bertz CT molecular complexity index is 383. The van der Waals surface area contributed by atoms with Crippen LogP contribution in [0.3, 0.4) is 0 Å². The number of nitrogens with zero attached hydrogens (tertiary/aromatic N) is 1. The van der Waals surface area contributed by atoms with E-state index in [1.807, 2.05) is 13.8 Å². The van der Waals surface area contributed by atoms with Gasteiger partial charge in [-0.25, -0.2) is 4.98 Å². The van der Waals surface area contributed by atoms with Gasteiger partial charge in [-0.3, -0.25) is 4.79 Å². The molecule has 1 aromatic heterocycles. The lowest BCUT2D eigenvalue weighted by Crippen LogP contribution is -2.35. The van der Waals surface area contributed by atoms with Crippen LogP contribution in [-0.2, 0) is 9.47 Å². The standard InChI is InChI=1S/C12H20N2O4/c1-5-16-10(17-6-2)7-13-12(15)11-8(3)14-9(4)18-11/h10H,5-7H2,1-4H3,(H,13,15). The van der Waals surface area contributed by atoms with E-state index in [4.69, 9.17) is 13.9 Å². The molecule has 1 heterocycles. The Morgan fingerprint density at radius 2 is 1.94 bits per heavy atom. The van der Waals surface area contributed by atoms with E-state index in [1.54, 1.807) is 13.8 Å². The maximum Gasteiger partial charge on any atom is 0.289 e. The fourth-order valence-corrected chi connectivity index (χ4v) is 1.54. The molecule has 0 aromatic carbocycles. The van der Waals surface area contributed by atoms with Crippen molar-refractivity contribution in [3.8, 4) is 0 Å². The van der Waals surface area contributed by atoms with Crippen LogP contribution >= 0.6 is 0 Å². The van der Waals surface area contributed by atoms with Crippen LogP contribution in [0.2, 0.25) is 0 Å². The molecule has 102 valence electrons. The molecule has 0 aliphatic heterocycles. The first-order chi connectivity index (χ1) is 8.58. The van der Waals surface area contributed by atoms with Gasteiger partial charge in [-0.2, -0.15) is 0 Å². The van der Waals surface area contributed by atoms with Crippen molar-refractivity contribution in [2.24, 2.45) is 0 Å². The van der Waals surface area contributed by atoms with Crippen molar-refractivity contribution in [3.05, 3.63) is 17.3 Å². The molecular formula is C12H20N2O4. The summed E-state index contributed by atoms with van der Waals surface area (Å²) < 4.78 is 15.9. The van der Waals surface area contributed by atoms with Crippen molar-refractivity contribution < 1.29 is 18.7 Å². The minimum absolute atomic E-state index is 0.235. The van der Waals surface area contributed by atoms with Gasteiger partial charge in [0.25, 0.3) is 5.91 Å². The third-order valence-electron chi connectivity index (χ3n) is 2.24. The van der Waals surface area contributed by atoms with Crippen molar-refractivity contribution in [2.45, 2.75) is 34.0 Å². The highest BCUT2D eigenvalue weighted by Gasteiger charge is 2.17. The number of ether oxygens (including phenoxy) is 2. The highest BCUT2D eigenvalue weighted by molar-refractivity contribution is 5.92. The summed E-state index contributed by atoms with van der Waals surface area (Å²) in [4.78, 5) is 15.9. The molecule has 0 fully saturated rings. The molecule has 0 atom stereocenters. The van der Waals surface area contributed by atoms with Gasteiger partial charge in [0.2, 0.25) is 5.76 Å². The molecular weight excluding hydrogens is 236 g/mol. The van der Waals surface area contributed by atoms with Gasteiger partial charge in [-0.1, -0.05) is 0 Å². The van der Waals surface area contributed by atoms with Crippen LogP contribution in [0.1, 0.15) is 36.0 Å². The fraction of sp³-hybridized carbons (Fsp3) is 0.667. The molecule has 0 unspecified atom stereocenters. The Balaban J connectivity index is 2.51. The Kier molecular flexibility index (Phi) is 5.80. The summed E-state index contributed by atoms with van der Waals surface area (Å²) in [7, 11) is 0. The van der Waals surface area contributed by atoms with Gasteiger partial charge in [-0.15, -0.1) is 0 Å². The molecule has 0 aliphatic carbocycles. The fourth-order valence-electron chi connectivity index (χ4n) is 1.54. The summed E-state index contributed by atoms with van der Waals surface area (Å²) in [5, 5.41) is 2.70. The summed E-state index contributed by atoms with van der Waals surface area (Å²) in [5.74, 6) is 0.403. The quantitative estimate of drug-likeness (QED) is 0.747. The smallest absolute Gasteiger partial charge is 0.289 e. The Morgan fingerprint density at radius 1 is 1.33 bits per heavy atom. The van der Waals surface area contributed by atoms with E-state index >= 15 is 0 Å². The van der Waals surface area contributed by atoms with Gasteiger partial charge in [0, 0.05) is 20.1 Å². The van der Waals surface area contributed by atoms with Gasteiger partial charge in [0.1, 0.15) is 0 Å². The number of hydrogen-bond acceptors (Lipinski definition) is 5. The predicted molar refractivity (Wildman–Crippen MR) is 65.4 cm³/mol. The maximum atomic E-state index is 11.8. The second-order valence-corrected chi connectivity index (χ2v) is 3.70. The molecule has 1 aromatic rings. The maximum absolute atomic E-state index is 11.8. The van der Waals surface area contributed by atoms with Crippen LogP contribution in [0.4, 0.5) is 0 Å². The van der Waals surface area contributed by atoms with Gasteiger partial charge >= 0.3 is 0 Å². The molecule has 1 rings (SSSR count). The zero-order valence-electron chi connectivity index (χ0n) is 11.3. The normalized spacial score (nSPS) is 10.9. The number of oxazole rings is 1. The largest absolute Gasteiger partial charge is 0.436 e. The summed E-state index contributed by atoms with van der Waals surface area (Å²) in [5.41, 5.74) is 0.578. The molecule has 0 aliphatic rings. The van der Waals surface area contributed by atoms with Crippen LogP contribution in [0.5, 0.6) is 0 Å². The second kappa shape index (κ2) is 7.13. The van der Waals surface area contributed by atoms with Crippen LogP contribution in [0.25, 0.3) is 0 Å². The first-order valence-electron chi connectivity index (χ1n) is 6.03. The summed E-state index contributed by atoms with van der Waals surface area (Å²) in [6.07, 6.45) is -0.437. The van der Waals surface area contributed by atoms with E-state index in [2.05, 4.69) is 10.3 Å².